The monoisotopic (exact) mass is 465 g/mol. The molecule has 0 aliphatic rings. The average Bonchev–Trinajstić information content (AvgIpc) is 2.81. The molecular formula is C30H43NO3. The van der Waals surface area contributed by atoms with E-state index < -0.39 is 11.7 Å². The van der Waals surface area contributed by atoms with E-state index in [-0.39, 0.29) is 17.7 Å². The molecule has 4 nitrogen and oxygen atoms in total. The Labute approximate surface area is 206 Å². The maximum Gasteiger partial charge on any atom is 0.417 e. The van der Waals surface area contributed by atoms with Gasteiger partial charge in [0.1, 0.15) is 5.60 Å². The number of carbonyl (C=O) groups is 2. The summed E-state index contributed by atoms with van der Waals surface area (Å²) < 4.78 is 5.67. The van der Waals surface area contributed by atoms with Crippen LogP contribution in [0.25, 0.3) is 0 Å². The molecule has 2 rings (SSSR count). The van der Waals surface area contributed by atoms with Gasteiger partial charge >= 0.3 is 6.09 Å². The lowest BCUT2D eigenvalue weighted by Crippen LogP contribution is -2.46. The van der Waals surface area contributed by atoms with Crippen molar-refractivity contribution in [3.8, 4) is 0 Å². The fraction of sp³-hybridized carbons (Fsp3) is 0.533. The maximum absolute atomic E-state index is 13.8. The number of rotatable bonds is 12. The number of nitrogens with zero attached hydrogens (tertiary/aromatic N) is 1. The van der Waals surface area contributed by atoms with Gasteiger partial charge in [-0.1, -0.05) is 87.4 Å². The Morgan fingerprint density at radius 1 is 0.853 bits per heavy atom. The summed E-state index contributed by atoms with van der Waals surface area (Å²) >= 11 is 0. The summed E-state index contributed by atoms with van der Waals surface area (Å²) in [6.07, 6.45) is 5.67. The average molecular weight is 466 g/mol. The molecule has 0 spiro atoms. The van der Waals surface area contributed by atoms with Crippen LogP contribution in [-0.2, 0) is 22.4 Å². The second-order valence-corrected chi connectivity index (χ2v) is 10.4. The highest BCUT2D eigenvalue weighted by atomic mass is 16.6. The lowest BCUT2D eigenvalue weighted by Gasteiger charge is -2.30. The number of imide groups is 1. The number of hydrogen-bond donors (Lipinski definition) is 0. The van der Waals surface area contributed by atoms with E-state index in [0.717, 1.165) is 32.1 Å². The van der Waals surface area contributed by atoms with Gasteiger partial charge in [-0.2, -0.15) is 0 Å². The normalized spacial score (nSPS) is 12.4. The molecular weight excluding hydrogens is 422 g/mol. The lowest BCUT2D eigenvalue weighted by molar-refractivity contribution is -0.135. The van der Waals surface area contributed by atoms with E-state index in [0.29, 0.717) is 19.4 Å². The van der Waals surface area contributed by atoms with Gasteiger partial charge in [-0.15, -0.1) is 0 Å². The largest absolute Gasteiger partial charge is 0.443 e. The Morgan fingerprint density at radius 3 is 1.79 bits per heavy atom. The number of ether oxygens (including phenoxy) is 1. The first-order chi connectivity index (χ1) is 16.2. The Morgan fingerprint density at radius 2 is 1.35 bits per heavy atom. The van der Waals surface area contributed by atoms with E-state index in [1.165, 1.54) is 16.0 Å². The van der Waals surface area contributed by atoms with Gasteiger partial charge in [0.25, 0.3) is 0 Å². The van der Waals surface area contributed by atoms with Crippen LogP contribution in [0.4, 0.5) is 4.79 Å². The second-order valence-electron chi connectivity index (χ2n) is 10.4. The van der Waals surface area contributed by atoms with E-state index in [2.05, 4.69) is 38.1 Å². The zero-order chi connectivity index (χ0) is 25.0. The summed E-state index contributed by atoms with van der Waals surface area (Å²) in [5.41, 5.74) is 1.77. The van der Waals surface area contributed by atoms with Crippen LogP contribution in [0.3, 0.4) is 0 Å². The molecule has 0 bridgehead atoms. The van der Waals surface area contributed by atoms with Crippen molar-refractivity contribution in [3.63, 3.8) is 0 Å². The molecule has 4 heteroatoms. The molecule has 0 radical (unpaired) electrons. The molecule has 0 aromatic heterocycles. The van der Waals surface area contributed by atoms with Crippen LogP contribution in [0.1, 0.15) is 77.8 Å². The molecule has 2 amide bonds. The minimum Gasteiger partial charge on any atom is -0.443 e. The highest BCUT2D eigenvalue weighted by molar-refractivity contribution is 5.93. The molecule has 2 aromatic carbocycles. The van der Waals surface area contributed by atoms with Crippen molar-refractivity contribution in [1.29, 1.82) is 0 Å². The number of hydrogen-bond acceptors (Lipinski definition) is 3. The first-order valence-corrected chi connectivity index (χ1v) is 12.8. The first-order valence-electron chi connectivity index (χ1n) is 12.8. The number of unbranched alkanes of at least 4 members (excludes halogenated alkanes) is 1. The molecule has 1 atom stereocenters. The molecule has 0 saturated heterocycles. The molecule has 0 fully saturated rings. The number of aryl methyl sites for hydroxylation is 2. The highest BCUT2D eigenvalue weighted by Gasteiger charge is 2.32. The molecule has 2 aromatic rings. The van der Waals surface area contributed by atoms with Crippen molar-refractivity contribution in [2.24, 2.45) is 11.8 Å². The van der Waals surface area contributed by atoms with Gasteiger partial charge in [0.2, 0.25) is 5.91 Å². The molecule has 0 aliphatic heterocycles. The molecule has 186 valence electrons. The standard InChI is InChI=1S/C30H43NO3/c1-6-7-14-24(2)23-31(29(33)34-30(3,4)5)28(32)27(21-19-25-15-10-8-11-16-25)22-20-26-17-12-9-13-18-26/h8-13,15-18,24,27H,6-7,14,19-23H2,1-5H3/t24-/m0/s1. The summed E-state index contributed by atoms with van der Waals surface area (Å²) in [6.45, 7) is 10.2. The van der Waals surface area contributed by atoms with Crippen molar-refractivity contribution < 1.29 is 14.3 Å². The van der Waals surface area contributed by atoms with Crippen LogP contribution in [0, 0.1) is 11.8 Å². The zero-order valence-corrected chi connectivity index (χ0v) is 21.8. The van der Waals surface area contributed by atoms with Crippen molar-refractivity contribution in [1.82, 2.24) is 4.90 Å². The fourth-order valence-electron chi connectivity index (χ4n) is 4.11. The Bertz CT molecular complexity index is 814. The third-order valence-corrected chi connectivity index (χ3v) is 6.02. The first kappa shape index (κ1) is 27.6. The van der Waals surface area contributed by atoms with Crippen molar-refractivity contribution in [3.05, 3.63) is 71.8 Å². The number of carbonyl (C=O) groups excluding carboxylic acids is 2. The summed E-state index contributed by atoms with van der Waals surface area (Å²) in [6, 6.07) is 20.5. The van der Waals surface area contributed by atoms with E-state index in [1.54, 1.807) is 0 Å². The second kappa shape index (κ2) is 13.9. The number of benzene rings is 2. The van der Waals surface area contributed by atoms with Crippen molar-refractivity contribution in [2.75, 3.05) is 6.54 Å². The zero-order valence-electron chi connectivity index (χ0n) is 21.8. The van der Waals surface area contributed by atoms with Crippen LogP contribution in [0.15, 0.2) is 60.7 Å². The smallest absolute Gasteiger partial charge is 0.417 e. The minimum atomic E-state index is -0.647. The minimum absolute atomic E-state index is 0.107. The Hall–Kier alpha value is -2.62. The predicted molar refractivity (Wildman–Crippen MR) is 140 cm³/mol. The lowest BCUT2D eigenvalue weighted by atomic mass is 9.91. The fourth-order valence-corrected chi connectivity index (χ4v) is 4.11. The van der Waals surface area contributed by atoms with Crippen molar-refractivity contribution >= 4 is 12.0 Å². The number of amides is 2. The van der Waals surface area contributed by atoms with Gasteiger partial charge in [0, 0.05) is 12.5 Å². The predicted octanol–water partition coefficient (Wildman–Crippen LogP) is 7.46. The Kier molecular flexibility index (Phi) is 11.3. The highest BCUT2D eigenvalue weighted by Crippen LogP contribution is 2.23. The molecule has 0 unspecified atom stereocenters. The SMILES string of the molecule is CCCC[C@H](C)CN(C(=O)OC(C)(C)C)C(=O)C(CCc1ccccc1)CCc1ccccc1. The van der Waals surface area contributed by atoms with E-state index in [1.807, 2.05) is 57.2 Å². The van der Waals surface area contributed by atoms with Gasteiger partial charge in [0.05, 0.1) is 0 Å². The van der Waals surface area contributed by atoms with Crippen LogP contribution < -0.4 is 0 Å². The third-order valence-electron chi connectivity index (χ3n) is 6.02. The van der Waals surface area contributed by atoms with Crippen molar-refractivity contribution in [2.45, 2.75) is 85.2 Å². The van der Waals surface area contributed by atoms with Gasteiger partial charge < -0.3 is 4.74 Å². The molecule has 0 aliphatic carbocycles. The molecule has 0 saturated carbocycles. The van der Waals surface area contributed by atoms with Gasteiger partial charge in [0.15, 0.2) is 0 Å². The Balaban J connectivity index is 2.22. The summed E-state index contributed by atoms with van der Waals surface area (Å²) in [5.74, 6) is -0.115. The van der Waals surface area contributed by atoms with Gasteiger partial charge in [-0.25, -0.2) is 9.69 Å². The van der Waals surface area contributed by atoms with Gasteiger partial charge in [-0.3, -0.25) is 4.79 Å². The summed E-state index contributed by atoms with van der Waals surface area (Å²) in [4.78, 5) is 28.4. The van der Waals surface area contributed by atoms with E-state index >= 15 is 0 Å². The topological polar surface area (TPSA) is 46.6 Å². The summed E-state index contributed by atoms with van der Waals surface area (Å²) in [5, 5.41) is 0. The maximum atomic E-state index is 13.8. The third kappa shape index (κ3) is 10.1. The van der Waals surface area contributed by atoms with Gasteiger partial charge in [-0.05, 0) is 69.9 Å². The van der Waals surface area contributed by atoms with E-state index in [4.69, 9.17) is 4.74 Å². The van der Waals surface area contributed by atoms with Crippen LogP contribution in [0.5, 0.6) is 0 Å². The molecule has 0 N–H and O–H groups in total. The van der Waals surface area contributed by atoms with Crippen LogP contribution in [0.2, 0.25) is 0 Å². The molecule has 34 heavy (non-hydrogen) atoms. The quantitative estimate of drug-likeness (QED) is 0.327. The summed E-state index contributed by atoms with van der Waals surface area (Å²) in [7, 11) is 0. The van der Waals surface area contributed by atoms with Crippen LogP contribution >= 0.6 is 0 Å². The van der Waals surface area contributed by atoms with E-state index in [9.17, 15) is 9.59 Å². The van der Waals surface area contributed by atoms with Crippen LogP contribution in [-0.4, -0.2) is 29.0 Å². The molecule has 0 heterocycles.